The van der Waals surface area contributed by atoms with Crippen molar-refractivity contribution in [3.05, 3.63) is 34.3 Å². The summed E-state index contributed by atoms with van der Waals surface area (Å²) >= 11 is 6.00. The van der Waals surface area contributed by atoms with E-state index in [1.165, 1.54) is 0 Å². The fourth-order valence-corrected chi connectivity index (χ4v) is 2.71. The third-order valence-corrected chi connectivity index (χ3v) is 3.97. The van der Waals surface area contributed by atoms with Crippen LogP contribution in [0.4, 0.5) is 0 Å². The number of nitrogens with zero attached hydrogens (tertiary/aromatic N) is 1. The Morgan fingerprint density at radius 1 is 1.42 bits per heavy atom. The monoisotopic (exact) mass is 280 g/mol. The fraction of sp³-hybridized carbons (Fsp3) is 0.429. The first-order valence-corrected chi connectivity index (χ1v) is 6.74. The number of aldehydes is 1. The summed E-state index contributed by atoms with van der Waals surface area (Å²) in [6.45, 7) is 2.32. The van der Waals surface area contributed by atoms with Crippen LogP contribution in [-0.4, -0.2) is 30.2 Å². The zero-order valence-corrected chi connectivity index (χ0v) is 11.4. The molecular weight excluding hydrogens is 264 g/mol. The van der Waals surface area contributed by atoms with E-state index in [0.717, 1.165) is 37.8 Å². The van der Waals surface area contributed by atoms with Gasteiger partial charge in [-0.15, -0.1) is 0 Å². The SMILES string of the molecule is NC(=O)C1CCN(Cc2cccc(Cl)c2C=O)CC1. The van der Waals surface area contributed by atoms with Crippen molar-refractivity contribution in [2.45, 2.75) is 19.4 Å². The van der Waals surface area contributed by atoms with Gasteiger partial charge in [0.15, 0.2) is 6.29 Å². The van der Waals surface area contributed by atoms with Gasteiger partial charge in [-0.3, -0.25) is 14.5 Å². The zero-order valence-electron chi connectivity index (χ0n) is 10.6. The Bertz CT molecular complexity index is 482. The number of carbonyl (C=O) groups is 2. The molecule has 0 aromatic heterocycles. The molecule has 2 rings (SSSR count). The van der Waals surface area contributed by atoms with E-state index >= 15 is 0 Å². The number of benzene rings is 1. The Morgan fingerprint density at radius 2 is 2.11 bits per heavy atom. The molecule has 0 aliphatic carbocycles. The minimum Gasteiger partial charge on any atom is -0.369 e. The Hall–Kier alpha value is -1.39. The van der Waals surface area contributed by atoms with E-state index < -0.39 is 0 Å². The van der Waals surface area contributed by atoms with Crippen LogP contribution in [-0.2, 0) is 11.3 Å². The molecule has 1 fully saturated rings. The smallest absolute Gasteiger partial charge is 0.220 e. The van der Waals surface area contributed by atoms with Crippen molar-refractivity contribution in [1.29, 1.82) is 0 Å². The number of amides is 1. The van der Waals surface area contributed by atoms with E-state index in [9.17, 15) is 9.59 Å². The Morgan fingerprint density at radius 3 is 2.68 bits per heavy atom. The average molecular weight is 281 g/mol. The van der Waals surface area contributed by atoms with Crippen molar-refractivity contribution >= 4 is 23.8 Å². The number of carbonyl (C=O) groups excluding carboxylic acids is 2. The molecule has 19 heavy (non-hydrogen) atoms. The van der Waals surface area contributed by atoms with E-state index in [-0.39, 0.29) is 11.8 Å². The number of hydrogen-bond acceptors (Lipinski definition) is 3. The van der Waals surface area contributed by atoms with Gasteiger partial charge >= 0.3 is 0 Å². The lowest BCUT2D eigenvalue weighted by atomic mass is 9.95. The minimum absolute atomic E-state index is 0.0128. The van der Waals surface area contributed by atoms with Crippen molar-refractivity contribution in [2.24, 2.45) is 11.7 Å². The third-order valence-electron chi connectivity index (χ3n) is 3.64. The van der Waals surface area contributed by atoms with Crippen LogP contribution in [0.1, 0.15) is 28.8 Å². The molecule has 2 N–H and O–H groups in total. The van der Waals surface area contributed by atoms with Crippen molar-refractivity contribution < 1.29 is 9.59 Å². The number of likely N-dealkylation sites (tertiary alicyclic amines) is 1. The molecule has 0 bridgehead atoms. The number of piperidine rings is 1. The maximum Gasteiger partial charge on any atom is 0.220 e. The average Bonchev–Trinajstić information content (AvgIpc) is 2.39. The first kappa shape index (κ1) is 14.0. The molecule has 1 aromatic rings. The van der Waals surface area contributed by atoms with Crippen LogP contribution in [0.5, 0.6) is 0 Å². The maximum atomic E-state index is 11.1. The first-order chi connectivity index (χ1) is 9.11. The zero-order chi connectivity index (χ0) is 13.8. The molecule has 102 valence electrons. The molecule has 0 atom stereocenters. The van der Waals surface area contributed by atoms with Crippen molar-refractivity contribution in [1.82, 2.24) is 4.90 Å². The van der Waals surface area contributed by atoms with Crippen LogP contribution < -0.4 is 5.73 Å². The predicted molar refractivity (Wildman–Crippen MR) is 74.0 cm³/mol. The lowest BCUT2D eigenvalue weighted by Crippen LogP contribution is -2.38. The third kappa shape index (κ3) is 3.33. The lowest BCUT2D eigenvalue weighted by molar-refractivity contribution is -0.123. The van der Waals surface area contributed by atoms with E-state index in [2.05, 4.69) is 4.90 Å². The van der Waals surface area contributed by atoms with Gasteiger partial charge in [0.1, 0.15) is 0 Å². The molecule has 4 nitrogen and oxygen atoms in total. The summed E-state index contributed by atoms with van der Waals surface area (Å²) < 4.78 is 0. The van der Waals surface area contributed by atoms with Gasteiger partial charge in [-0.25, -0.2) is 0 Å². The molecule has 1 aliphatic heterocycles. The highest BCUT2D eigenvalue weighted by Gasteiger charge is 2.23. The summed E-state index contributed by atoms with van der Waals surface area (Å²) in [6, 6.07) is 5.48. The topological polar surface area (TPSA) is 63.4 Å². The van der Waals surface area contributed by atoms with Crippen LogP contribution in [0.25, 0.3) is 0 Å². The molecule has 5 heteroatoms. The minimum atomic E-state index is -0.212. The Kier molecular flexibility index (Phi) is 4.56. The molecule has 0 saturated carbocycles. The second-order valence-electron chi connectivity index (χ2n) is 4.88. The van der Waals surface area contributed by atoms with Gasteiger partial charge in [-0.1, -0.05) is 23.7 Å². The Labute approximate surface area is 117 Å². The van der Waals surface area contributed by atoms with E-state index in [1.807, 2.05) is 12.1 Å². The van der Waals surface area contributed by atoms with E-state index in [0.29, 0.717) is 17.1 Å². The standard InChI is InChI=1S/C14H17ClN2O2/c15-13-3-1-2-11(12(13)9-18)8-17-6-4-10(5-7-17)14(16)19/h1-3,9-10H,4-8H2,(H2,16,19). The van der Waals surface area contributed by atoms with Crippen LogP contribution in [0, 0.1) is 5.92 Å². The molecule has 1 aromatic carbocycles. The van der Waals surface area contributed by atoms with Gasteiger partial charge in [0.25, 0.3) is 0 Å². The molecular formula is C14H17ClN2O2. The predicted octanol–water partition coefficient (Wildman–Crippen LogP) is 1.85. The van der Waals surface area contributed by atoms with Crippen molar-refractivity contribution in [2.75, 3.05) is 13.1 Å². The van der Waals surface area contributed by atoms with Crippen molar-refractivity contribution in [3.63, 3.8) is 0 Å². The number of hydrogen-bond donors (Lipinski definition) is 1. The number of rotatable bonds is 4. The van der Waals surface area contributed by atoms with Gasteiger partial charge in [0.2, 0.25) is 5.91 Å². The van der Waals surface area contributed by atoms with E-state index in [1.54, 1.807) is 6.07 Å². The largest absolute Gasteiger partial charge is 0.369 e. The van der Waals surface area contributed by atoms with Gasteiger partial charge in [-0.05, 0) is 37.6 Å². The fourth-order valence-electron chi connectivity index (χ4n) is 2.47. The molecule has 0 unspecified atom stereocenters. The number of nitrogens with two attached hydrogens (primary N) is 1. The lowest BCUT2D eigenvalue weighted by Gasteiger charge is -2.30. The van der Waals surface area contributed by atoms with Gasteiger partial charge in [-0.2, -0.15) is 0 Å². The second kappa shape index (κ2) is 6.17. The van der Waals surface area contributed by atoms with Gasteiger partial charge < -0.3 is 5.73 Å². The van der Waals surface area contributed by atoms with Crippen LogP contribution in [0.3, 0.4) is 0 Å². The molecule has 0 spiro atoms. The molecule has 1 amide bonds. The first-order valence-electron chi connectivity index (χ1n) is 6.36. The van der Waals surface area contributed by atoms with Crippen LogP contribution in [0.2, 0.25) is 5.02 Å². The molecule has 0 radical (unpaired) electrons. The molecule has 1 heterocycles. The normalized spacial score (nSPS) is 17.3. The quantitative estimate of drug-likeness (QED) is 0.856. The van der Waals surface area contributed by atoms with E-state index in [4.69, 9.17) is 17.3 Å². The Balaban J connectivity index is 2.01. The number of halogens is 1. The van der Waals surface area contributed by atoms with Crippen molar-refractivity contribution in [3.8, 4) is 0 Å². The number of primary amides is 1. The highest BCUT2D eigenvalue weighted by Crippen LogP contribution is 2.22. The van der Waals surface area contributed by atoms with Crippen LogP contribution in [0.15, 0.2) is 18.2 Å². The molecule has 1 aliphatic rings. The summed E-state index contributed by atoms with van der Waals surface area (Å²) in [4.78, 5) is 24.4. The van der Waals surface area contributed by atoms with Gasteiger partial charge in [0, 0.05) is 18.0 Å². The maximum absolute atomic E-state index is 11.1. The van der Waals surface area contributed by atoms with Crippen LogP contribution >= 0.6 is 11.6 Å². The highest BCUT2D eigenvalue weighted by molar-refractivity contribution is 6.33. The molecule has 1 saturated heterocycles. The summed E-state index contributed by atoms with van der Waals surface area (Å²) in [5.41, 5.74) is 6.80. The summed E-state index contributed by atoms with van der Waals surface area (Å²) in [7, 11) is 0. The summed E-state index contributed by atoms with van der Waals surface area (Å²) in [5, 5.41) is 0.486. The highest BCUT2D eigenvalue weighted by atomic mass is 35.5. The second-order valence-corrected chi connectivity index (χ2v) is 5.29. The van der Waals surface area contributed by atoms with Gasteiger partial charge in [0.05, 0.1) is 5.02 Å². The summed E-state index contributed by atoms with van der Waals surface area (Å²) in [6.07, 6.45) is 2.37. The summed E-state index contributed by atoms with van der Waals surface area (Å²) in [5.74, 6) is -0.225.